The van der Waals surface area contributed by atoms with Crippen molar-refractivity contribution < 1.29 is 12.8 Å². The molecule has 0 saturated heterocycles. The summed E-state index contributed by atoms with van der Waals surface area (Å²) in [6.45, 7) is 3.83. The molecule has 1 aromatic rings. The highest BCUT2D eigenvalue weighted by Gasteiger charge is 2.31. The molecule has 0 radical (unpaired) electrons. The molecule has 0 heterocycles. The van der Waals surface area contributed by atoms with Crippen LogP contribution in [0.15, 0.2) is 23.1 Å². The molecule has 1 aromatic carbocycles. The van der Waals surface area contributed by atoms with Crippen molar-refractivity contribution in [2.75, 3.05) is 6.54 Å². The van der Waals surface area contributed by atoms with Crippen molar-refractivity contribution in [3.8, 4) is 6.07 Å². The number of nitrogens with two attached hydrogens (primary N) is 1. The Balaban J connectivity index is 3.21. The van der Waals surface area contributed by atoms with E-state index in [0.29, 0.717) is 12.8 Å². The number of nitrogens with zero attached hydrogens (tertiary/aromatic N) is 1. The zero-order valence-corrected chi connectivity index (χ0v) is 12.3. The van der Waals surface area contributed by atoms with Gasteiger partial charge in [0.25, 0.3) is 0 Å². The van der Waals surface area contributed by atoms with Crippen LogP contribution in [0.2, 0.25) is 0 Å². The summed E-state index contributed by atoms with van der Waals surface area (Å²) >= 11 is 0. The third-order valence-electron chi connectivity index (χ3n) is 3.46. The number of hydrogen-bond donors (Lipinski definition) is 2. The van der Waals surface area contributed by atoms with Crippen LogP contribution in [-0.4, -0.2) is 20.5 Å². The Kier molecular flexibility index (Phi) is 5.22. The molecule has 0 aliphatic rings. The van der Waals surface area contributed by atoms with Crippen LogP contribution in [0.4, 0.5) is 4.39 Å². The zero-order valence-electron chi connectivity index (χ0n) is 11.5. The summed E-state index contributed by atoms with van der Waals surface area (Å²) in [6, 6.07) is 4.74. The van der Waals surface area contributed by atoms with Crippen molar-refractivity contribution in [2.45, 2.75) is 37.1 Å². The molecule has 0 aliphatic heterocycles. The molecule has 0 saturated carbocycles. The predicted molar refractivity (Wildman–Crippen MR) is 73.8 cm³/mol. The fourth-order valence-electron chi connectivity index (χ4n) is 1.83. The van der Waals surface area contributed by atoms with Crippen LogP contribution < -0.4 is 10.5 Å². The van der Waals surface area contributed by atoms with Crippen molar-refractivity contribution in [3.63, 3.8) is 0 Å². The second-order valence-corrected chi connectivity index (χ2v) is 6.23. The summed E-state index contributed by atoms with van der Waals surface area (Å²) in [5, 5.41) is 8.75. The molecule has 0 aliphatic carbocycles. The van der Waals surface area contributed by atoms with E-state index in [-0.39, 0.29) is 17.0 Å². The van der Waals surface area contributed by atoms with E-state index >= 15 is 0 Å². The van der Waals surface area contributed by atoms with Gasteiger partial charge in [-0.2, -0.15) is 5.26 Å². The number of halogens is 1. The van der Waals surface area contributed by atoms with E-state index in [1.807, 2.05) is 13.8 Å². The Morgan fingerprint density at radius 3 is 2.45 bits per heavy atom. The number of rotatable bonds is 6. The fraction of sp³-hybridized carbons (Fsp3) is 0.462. The fourth-order valence-corrected chi connectivity index (χ4v) is 3.41. The molecule has 0 spiro atoms. The minimum absolute atomic E-state index is 0.143. The highest BCUT2D eigenvalue weighted by molar-refractivity contribution is 7.89. The molecule has 0 atom stereocenters. The lowest BCUT2D eigenvalue weighted by Gasteiger charge is -2.31. The first-order valence-corrected chi connectivity index (χ1v) is 7.76. The van der Waals surface area contributed by atoms with E-state index < -0.39 is 21.4 Å². The number of nitrogens with one attached hydrogen (secondary N) is 1. The summed E-state index contributed by atoms with van der Waals surface area (Å²) in [5.41, 5.74) is 4.61. The van der Waals surface area contributed by atoms with Gasteiger partial charge < -0.3 is 5.73 Å². The Hall–Kier alpha value is -1.49. The van der Waals surface area contributed by atoms with E-state index in [9.17, 15) is 12.8 Å². The number of benzene rings is 1. The largest absolute Gasteiger partial charge is 0.329 e. The summed E-state index contributed by atoms with van der Waals surface area (Å²) in [7, 11) is -3.85. The van der Waals surface area contributed by atoms with Crippen LogP contribution in [-0.2, 0) is 10.0 Å². The Morgan fingerprint density at radius 2 is 2.00 bits per heavy atom. The molecule has 0 amide bonds. The van der Waals surface area contributed by atoms with Crippen molar-refractivity contribution >= 4 is 10.0 Å². The van der Waals surface area contributed by atoms with Gasteiger partial charge in [0.15, 0.2) is 0 Å². The molecular weight excluding hydrogens is 281 g/mol. The van der Waals surface area contributed by atoms with Crippen molar-refractivity contribution in [1.29, 1.82) is 5.26 Å². The van der Waals surface area contributed by atoms with Crippen molar-refractivity contribution in [2.24, 2.45) is 5.73 Å². The highest BCUT2D eigenvalue weighted by atomic mass is 32.2. The Bertz CT molecular complexity index is 611. The quantitative estimate of drug-likeness (QED) is 0.832. The van der Waals surface area contributed by atoms with Crippen molar-refractivity contribution in [1.82, 2.24) is 4.72 Å². The SMILES string of the molecule is CCC(CC)(CN)NS(=O)(=O)c1ccc(F)c(C#N)c1. The number of sulfonamides is 1. The predicted octanol–water partition coefficient (Wildman–Crippen LogP) is 1.49. The maximum Gasteiger partial charge on any atom is 0.241 e. The van der Waals surface area contributed by atoms with Gasteiger partial charge in [0, 0.05) is 12.1 Å². The third-order valence-corrected chi connectivity index (χ3v) is 5.04. The summed E-state index contributed by atoms with van der Waals surface area (Å²) in [4.78, 5) is -0.143. The monoisotopic (exact) mass is 299 g/mol. The van der Waals surface area contributed by atoms with E-state index in [4.69, 9.17) is 11.0 Å². The molecule has 0 unspecified atom stereocenters. The second-order valence-electron chi connectivity index (χ2n) is 4.55. The van der Waals surface area contributed by atoms with E-state index in [0.717, 1.165) is 18.2 Å². The normalized spacial score (nSPS) is 12.2. The first-order valence-electron chi connectivity index (χ1n) is 6.28. The Labute approximate surface area is 118 Å². The van der Waals surface area contributed by atoms with Gasteiger partial charge in [-0.05, 0) is 31.0 Å². The standard InChI is InChI=1S/C13H18FN3O2S/c1-3-13(4-2,9-16)17-20(18,19)11-5-6-12(14)10(7-11)8-15/h5-7,17H,3-4,9,16H2,1-2H3. The molecule has 20 heavy (non-hydrogen) atoms. The Morgan fingerprint density at radius 1 is 1.40 bits per heavy atom. The lowest BCUT2D eigenvalue weighted by Crippen LogP contribution is -2.52. The van der Waals surface area contributed by atoms with E-state index in [1.54, 1.807) is 6.07 Å². The molecule has 1 rings (SSSR count). The van der Waals surface area contributed by atoms with Crippen LogP contribution in [0.1, 0.15) is 32.3 Å². The second kappa shape index (κ2) is 6.31. The van der Waals surface area contributed by atoms with Gasteiger partial charge in [0.2, 0.25) is 10.0 Å². The average molecular weight is 299 g/mol. The lowest BCUT2D eigenvalue weighted by atomic mass is 9.95. The van der Waals surface area contributed by atoms with Gasteiger partial charge in [-0.25, -0.2) is 17.5 Å². The first kappa shape index (κ1) is 16.6. The topological polar surface area (TPSA) is 96.0 Å². The molecule has 5 nitrogen and oxygen atoms in total. The first-order chi connectivity index (χ1) is 9.34. The zero-order chi connectivity index (χ0) is 15.4. The van der Waals surface area contributed by atoms with Crippen molar-refractivity contribution in [3.05, 3.63) is 29.6 Å². The molecule has 0 fully saturated rings. The van der Waals surface area contributed by atoms with Crippen LogP contribution in [0, 0.1) is 17.1 Å². The molecule has 0 aromatic heterocycles. The van der Waals surface area contributed by atoms with Gasteiger partial charge in [-0.15, -0.1) is 0 Å². The minimum Gasteiger partial charge on any atom is -0.329 e. The minimum atomic E-state index is -3.85. The van der Waals surface area contributed by atoms with Gasteiger partial charge >= 0.3 is 0 Å². The van der Waals surface area contributed by atoms with Gasteiger partial charge in [0.05, 0.1) is 10.5 Å². The number of hydrogen-bond acceptors (Lipinski definition) is 4. The van der Waals surface area contributed by atoms with Crippen LogP contribution >= 0.6 is 0 Å². The maximum absolute atomic E-state index is 13.2. The molecule has 110 valence electrons. The van der Waals surface area contributed by atoms with Crippen LogP contribution in [0.5, 0.6) is 0 Å². The maximum atomic E-state index is 13.2. The van der Waals surface area contributed by atoms with E-state index in [2.05, 4.69) is 4.72 Å². The van der Waals surface area contributed by atoms with Crippen LogP contribution in [0.3, 0.4) is 0 Å². The smallest absolute Gasteiger partial charge is 0.241 e. The van der Waals surface area contributed by atoms with E-state index in [1.165, 1.54) is 0 Å². The summed E-state index contributed by atoms with van der Waals surface area (Å²) in [5.74, 6) is -0.748. The third kappa shape index (κ3) is 3.33. The lowest BCUT2D eigenvalue weighted by molar-refractivity contribution is 0.363. The number of nitriles is 1. The van der Waals surface area contributed by atoms with Gasteiger partial charge in [-0.3, -0.25) is 0 Å². The summed E-state index contributed by atoms with van der Waals surface area (Å²) < 4.78 is 40.4. The van der Waals surface area contributed by atoms with Crippen LogP contribution in [0.25, 0.3) is 0 Å². The highest BCUT2D eigenvalue weighted by Crippen LogP contribution is 2.20. The average Bonchev–Trinajstić information content (AvgIpc) is 2.45. The molecule has 3 N–H and O–H groups in total. The van der Waals surface area contributed by atoms with Gasteiger partial charge in [0.1, 0.15) is 11.9 Å². The van der Waals surface area contributed by atoms with Gasteiger partial charge in [-0.1, -0.05) is 13.8 Å². The summed E-state index contributed by atoms with van der Waals surface area (Å²) in [6.07, 6.45) is 1.07. The molecule has 7 heteroatoms. The molecule has 0 bridgehead atoms. The molecular formula is C13H18FN3O2S.